The molecule has 0 aliphatic carbocycles. The van der Waals surface area contributed by atoms with Crippen LogP contribution in [0, 0.1) is 17.0 Å². The van der Waals surface area contributed by atoms with Gasteiger partial charge in [-0.05, 0) is 36.8 Å². The van der Waals surface area contributed by atoms with Crippen LogP contribution in [-0.4, -0.2) is 19.9 Å². The number of nitrogens with zero attached hydrogens (tertiary/aromatic N) is 4. The molecule has 0 fully saturated rings. The number of pyridine rings is 1. The van der Waals surface area contributed by atoms with E-state index in [1.54, 1.807) is 36.7 Å². The maximum Gasteiger partial charge on any atom is 0.353 e. The molecule has 0 atom stereocenters. The Labute approximate surface area is 148 Å². The number of anilines is 4. The first-order chi connectivity index (χ1) is 12.0. The minimum Gasteiger partial charge on any atom is -0.334 e. The Balaban J connectivity index is 1.97. The predicted molar refractivity (Wildman–Crippen MR) is 95.7 cm³/mol. The second-order valence-electron chi connectivity index (χ2n) is 5.13. The first kappa shape index (κ1) is 16.6. The van der Waals surface area contributed by atoms with Crippen molar-refractivity contribution in [1.29, 1.82) is 0 Å². The Morgan fingerprint density at radius 2 is 1.68 bits per heavy atom. The first-order valence-corrected chi connectivity index (χ1v) is 7.62. The number of benzene rings is 1. The molecule has 1 aromatic carbocycles. The average molecular weight is 357 g/mol. The molecule has 9 heteroatoms. The van der Waals surface area contributed by atoms with Gasteiger partial charge in [-0.3, -0.25) is 15.1 Å². The van der Waals surface area contributed by atoms with Crippen molar-refractivity contribution >= 4 is 40.3 Å². The second-order valence-corrected chi connectivity index (χ2v) is 5.53. The molecular weight excluding hydrogens is 344 g/mol. The number of nitrogens with one attached hydrogen (secondary N) is 2. The Bertz CT molecular complexity index is 920. The van der Waals surface area contributed by atoms with E-state index in [4.69, 9.17) is 11.6 Å². The van der Waals surface area contributed by atoms with E-state index in [0.29, 0.717) is 16.4 Å². The molecule has 2 heterocycles. The van der Waals surface area contributed by atoms with Crippen LogP contribution in [0.1, 0.15) is 5.56 Å². The monoisotopic (exact) mass is 356 g/mol. The zero-order chi connectivity index (χ0) is 17.8. The minimum absolute atomic E-state index is 0.0662. The maximum atomic E-state index is 11.6. The van der Waals surface area contributed by atoms with Crippen molar-refractivity contribution in [3.63, 3.8) is 0 Å². The highest BCUT2D eigenvalue weighted by molar-refractivity contribution is 6.31. The van der Waals surface area contributed by atoms with E-state index < -0.39 is 4.92 Å². The topological polar surface area (TPSA) is 106 Å². The molecule has 0 aliphatic rings. The predicted octanol–water partition coefficient (Wildman–Crippen LogP) is 4.23. The number of nitro groups is 1. The van der Waals surface area contributed by atoms with Crippen molar-refractivity contribution in [3.8, 4) is 0 Å². The Morgan fingerprint density at radius 3 is 2.28 bits per heavy atom. The summed E-state index contributed by atoms with van der Waals surface area (Å²) in [6.07, 6.45) is 4.39. The van der Waals surface area contributed by atoms with Crippen LogP contribution >= 0.6 is 11.6 Å². The highest BCUT2D eigenvalue weighted by Gasteiger charge is 2.23. The fourth-order valence-electron chi connectivity index (χ4n) is 2.11. The molecule has 8 nitrogen and oxygen atoms in total. The minimum atomic E-state index is -0.540. The molecule has 126 valence electrons. The molecule has 0 unspecified atom stereocenters. The van der Waals surface area contributed by atoms with Gasteiger partial charge in [0.25, 0.3) is 0 Å². The fourth-order valence-corrected chi connectivity index (χ4v) is 2.29. The lowest BCUT2D eigenvalue weighted by Gasteiger charge is -2.10. The van der Waals surface area contributed by atoms with E-state index in [1.165, 1.54) is 6.33 Å². The summed E-state index contributed by atoms with van der Waals surface area (Å²) in [5.74, 6) is 0.142. The Morgan fingerprint density at radius 1 is 1.04 bits per heavy atom. The summed E-state index contributed by atoms with van der Waals surface area (Å²) in [7, 11) is 0. The van der Waals surface area contributed by atoms with E-state index in [0.717, 1.165) is 5.56 Å². The van der Waals surface area contributed by atoms with Gasteiger partial charge in [-0.1, -0.05) is 17.7 Å². The van der Waals surface area contributed by atoms with Crippen molar-refractivity contribution in [2.45, 2.75) is 6.92 Å². The summed E-state index contributed by atoms with van der Waals surface area (Å²) >= 11 is 6.10. The summed E-state index contributed by atoms with van der Waals surface area (Å²) < 4.78 is 0. The Hall–Kier alpha value is -3.26. The molecule has 0 radical (unpaired) electrons. The largest absolute Gasteiger partial charge is 0.353 e. The number of hydrogen-bond acceptors (Lipinski definition) is 7. The molecule has 2 N–H and O–H groups in total. The SMILES string of the molecule is Cc1ccc(Nc2ncnc(Nc3ccncc3)c2[N+](=O)[O-])cc1Cl. The van der Waals surface area contributed by atoms with Gasteiger partial charge in [0, 0.05) is 28.8 Å². The van der Waals surface area contributed by atoms with Crippen LogP contribution in [0.2, 0.25) is 5.02 Å². The molecule has 0 bridgehead atoms. The number of aryl methyl sites for hydroxylation is 1. The van der Waals surface area contributed by atoms with Crippen LogP contribution in [0.3, 0.4) is 0 Å². The van der Waals surface area contributed by atoms with Crippen molar-refractivity contribution in [3.05, 3.63) is 69.8 Å². The third-order valence-electron chi connectivity index (χ3n) is 3.38. The van der Waals surface area contributed by atoms with Crippen LogP contribution in [0.25, 0.3) is 0 Å². The van der Waals surface area contributed by atoms with Gasteiger partial charge in [-0.25, -0.2) is 9.97 Å². The van der Waals surface area contributed by atoms with Gasteiger partial charge in [0.1, 0.15) is 6.33 Å². The molecule has 0 saturated heterocycles. The summed E-state index contributed by atoms with van der Waals surface area (Å²) in [6, 6.07) is 8.62. The molecule has 0 saturated carbocycles. The lowest BCUT2D eigenvalue weighted by atomic mass is 10.2. The molecular formula is C16H13ClN6O2. The normalized spacial score (nSPS) is 10.3. The Kier molecular flexibility index (Phi) is 4.71. The third-order valence-corrected chi connectivity index (χ3v) is 3.79. The summed E-state index contributed by atoms with van der Waals surface area (Å²) in [5, 5.41) is 17.9. The number of hydrogen-bond donors (Lipinski definition) is 2. The molecule has 0 amide bonds. The molecule has 0 aliphatic heterocycles. The van der Waals surface area contributed by atoms with Crippen molar-refractivity contribution in [1.82, 2.24) is 15.0 Å². The van der Waals surface area contributed by atoms with E-state index in [9.17, 15) is 10.1 Å². The smallest absolute Gasteiger partial charge is 0.334 e. The van der Waals surface area contributed by atoms with E-state index in [-0.39, 0.29) is 17.3 Å². The summed E-state index contributed by atoms with van der Waals surface area (Å²) in [4.78, 5) is 22.9. The van der Waals surface area contributed by atoms with Crippen LogP contribution in [-0.2, 0) is 0 Å². The van der Waals surface area contributed by atoms with Crippen molar-refractivity contribution in [2.75, 3.05) is 10.6 Å². The molecule has 25 heavy (non-hydrogen) atoms. The second kappa shape index (κ2) is 7.10. The van der Waals surface area contributed by atoms with Crippen molar-refractivity contribution < 1.29 is 4.92 Å². The van der Waals surface area contributed by atoms with Gasteiger partial charge in [0.15, 0.2) is 0 Å². The lowest BCUT2D eigenvalue weighted by molar-refractivity contribution is -0.383. The van der Waals surface area contributed by atoms with Crippen LogP contribution in [0.5, 0.6) is 0 Å². The first-order valence-electron chi connectivity index (χ1n) is 7.24. The van der Waals surface area contributed by atoms with Gasteiger partial charge < -0.3 is 10.6 Å². The van der Waals surface area contributed by atoms with Gasteiger partial charge in [0.05, 0.1) is 4.92 Å². The lowest BCUT2D eigenvalue weighted by Crippen LogP contribution is -2.05. The summed E-state index contributed by atoms with van der Waals surface area (Å²) in [6.45, 7) is 1.87. The van der Waals surface area contributed by atoms with Crippen LogP contribution in [0.15, 0.2) is 49.1 Å². The number of rotatable bonds is 5. The fraction of sp³-hybridized carbons (Fsp3) is 0.0625. The maximum absolute atomic E-state index is 11.6. The van der Waals surface area contributed by atoms with Gasteiger partial charge in [-0.2, -0.15) is 0 Å². The van der Waals surface area contributed by atoms with Gasteiger partial charge in [0.2, 0.25) is 11.6 Å². The standard InChI is InChI=1S/C16H13ClN6O2/c1-10-2-3-12(8-13(10)17)22-16-14(23(24)25)15(19-9-20-16)21-11-4-6-18-7-5-11/h2-9H,1H3,(H2,18,19,20,21,22). The van der Waals surface area contributed by atoms with E-state index in [2.05, 4.69) is 25.6 Å². The highest BCUT2D eigenvalue weighted by atomic mass is 35.5. The van der Waals surface area contributed by atoms with Gasteiger partial charge >= 0.3 is 5.69 Å². The highest BCUT2D eigenvalue weighted by Crippen LogP contribution is 2.33. The quantitative estimate of drug-likeness (QED) is 0.520. The van der Waals surface area contributed by atoms with Crippen molar-refractivity contribution in [2.24, 2.45) is 0 Å². The third kappa shape index (κ3) is 3.81. The summed E-state index contributed by atoms with van der Waals surface area (Å²) in [5.41, 5.74) is 1.86. The number of aromatic nitrogens is 3. The van der Waals surface area contributed by atoms with Gasteiger partial charge in [-0.15, -0.1) is 0 Å². The van der Waals surface area contributed by atoms with Crippen LogP contribution < -0.4 is 10.6 Å². The molecule has 0 spiro atoms. The molecule has 3 rings (SSSR count). The zero-order valence-electron chi connectivity index (χ0n) is 13.1. The van der Waals surface area contributed by atoms with Crippen LogP contribution in [0.4, 0.5) is 28.7 Å². The van der Waals surface area contributed by atoms with E-state index in [1.807, 2.05) is 13.0 Å². The number of halogens is 1. The average Bonchev–Trinajstić information content (AvgIpc) is 2.59. The molecule has 3 aromatic rings. The molecule has 2 aromatic heterocycles. The van der Waals surface area contributed by atoms with E-state index >= 15 is 0 Å². The zero-order valence-corrected chi connectivity index (χ0v) is 13.9.